The van der Waals surface area contributed by atoms with Crippen LogP contribution >= 0.6 is 0 Å². The van der Waals surface area contributed by atoms with Crippen molar-refractivity contribution in [3.63, 3.8) is 0 Å². The molecule has 0 aliphatic carbocycles. The molecule has 2 aromatic carbocycles. The first-order valence-corrected chi connectivity index (χ1v) is 10.7. The lowest BCUT2D eigenvalue weighted by Crippen LogP contribution is -2.26. The number of cyclic esters (lactones) is 1. The van der Waals surface area contributed by atoms with Crippen molar-refractivity contribution in [1.29, 1.82) is 0 Å². The molecule has 5 rings (SSSR count). The first-order chi connectivity index (χ1) is 15.6. The molecule has 0 bridgehead atoms. The monoisotopic (exact) mass is 434 g/mol. The molecule has 166 valence electrons. The maximum absolute atomic E-state index is 11.2. The molecule has 9 heteroatoms. The Balaban J connectivity index is 1.36. The number of aromatic nitrogens is 2. The van der Waals surface area contributed by atoms with Crippen molar-refractivity contribution in [1.82, 2.24) is 20.2 Å². The molecule has 3 N–H and O–H groups in total. The molecule has 1 amide bonds. The predicted octanol–water partition coefficient (Wildman–Crippen LogP) is 2.89. The number of fused-ring (bicyclic) bond motifs is 2. The van der Waals surface area contributed by atoms with Crippen molar-refractivity contribution < 1.29 is 14.3 Å². The molecule has 2 aliphatic heterocycles. The highest BCUT2D eigenvalue weighted by molar-refractivity contribution is 5.83. The van der Waals surface area contributed by atoms with Gasteiger partial charge in [0.15, 0.2) is 0 Å². The Hall–Kier alpha value is -3.59. The van der Waals surface area contributed by atoms with E-state index in [0.29, 0.717) is 19.0 Å². The van der Waals surface area contributed by atoms with Crippen LogP contribution in [0.15, 0.2) is 36.5 Å². The normalized spacial score (nSPS) is 18.1. The number of hydrogen-bond acceptors (Lipinski definition) is 8. The molecule has 9 nitrogen and oxygen atoms in total. The third kappa shape index (κ3) is 4.24. The number of rotatable bonds is 6. The zero-order chi connectivity index (χ0) is 22.1. The van der Waals surface area contributed by atoms with Crippen LogP contribution in [0.5, 0.6) is 5.75 Å². The van der Waals surface area contributed by atoms with E-state index in [4.69, 9.17) is 14.5 Å². The van der Waals surface area contributed by atoms with Crippen LogP contribution in [0.3, 0.4) is 0 Å². The maximum atomic E-state index is 11.2. The van der Waals surface area contributed by atoms with Gasteiger partial charge < -0.3 is 30.3 Å². The largest absolute Gasteiger partial charge is 0.495 e. The number of methoxy groups -OCH3 is 1. The number of alkyl carbamates (subject to hydrolysis) is 1. The van der Waals surface area contributed by atoms with Crippen LogP contribution in [0, 0.1) is 0 Å². The second-order valence-corrected chi connectivity index (χ2v) is 8.19. The van der Waals surface area contributed by atoms with Gasteiger partial charge in [-0.2, -0.15) is 0 Å². The highest BCUT2D eigenvalue weighted by Gasteiger charge is 2.22. The van der Waals surface area contributed by atoms with E-state index in [1.54, 1.807) is 13.3 Å². The number of nitrogens with zero attached hydrogens (tertiary/aromatic N) is 3. The molecule has 1 atom stereocenters. The fraction of sp³-hybridized carbons (Fsp3) is 0.348. The minimum absolute atomic E-state index is 0.184. The molecule has 0 radical (unpaired) electrons. The minimum Gasteiger partial charge on any atom is -0.495 e. The number of hydrogen-bond donors (Lipinski definition) is 3. The average Bonchev–Trinajstić information content (AvgIpc) is 3.22. The summed E-state index contributed by atoms with van der Waals surface area (Å²) >= 11 is 0. The molecular formula is C23H26N6O3. The van der Waals surface area contributed by atoms with Crippen molar-refractivity contribution in [2.75, 3.05) is 44.4 Å². The molecule has 1 fully saturated rings. The van der Waals surface area contributed by atoms with Crippen LogP contribution in [-0.4, -0.2) is 60.9 Å². The van der Waals surface area contributed by atoms with Gasteiger partial charge in [0.05, 0.1) is 31.4 Å². The number of ether oxygens (including phenoxy) is 2. The van der Waals surface area contributed by atoms with Crippen LogP contribution in [0.2, 0.25) is 0 Å². The van der Waals surface area contributed by atoms with Crippen molar-refractivity contribution >= 4 is 34.3 Å². The number of benzene rings is 2. The van der Waals surface area contributed by atoms with Gasteiger partial charge in [-0.05, 0) is 54.9 Å². The van der Waals surface area contributed by atoms with E-state index in [1.807, 2.05) is 18.2 Å². The third-order valence-corrected chi connectivity index (χ3v) is 5.84. The number of likely N-dealkylation sites (N-methyl/N-ethyl adjacent to an activating group) is 1. The number of carbonyl (C=O) groups is 1. The van der Waals surface area contributed by atoms with E-state index in [1.165, 1.54) is 11.1 Å². The Kier molecular flexibility index (Phi) is 5.40. The van der Waals surface area contributed by atoms with E-state index >= 15 is 0 Å². The van der Waals surface area contributed by atoms with Gasteiger partial charge >= 0.3 is 6.09 Å². The van der Waals surface area contributed by atoms with Gasteiger partial charge in [-0.25, -0.2) is 14.8 Å². The summed E-state index contributed by atoms with van der Waals surface area (Å²) in [6.07, 6.45) is 2.26. The highest BCUT2D eigenvalue weighted by atomic mass is 16.6. The Morgan fingerprint density at radius 2 is 2.19 bits per heavy atom. The van der Waals surface area contributed by atoms with E-state index in [0.717, 1.165) is 47.5 Å². The molecule has 3 heterocycles. The molecule has 1 saturated heterocycles. The molecule has 0 spiro atoms. The number of carbonyl (C=O) groups excluding carboxylic acids is 1. The van der Waals surface area contributed by atoms with Gasteiger partial charge in [0, 0.05) is 30.4 Å². The van der Waals surface area contributed by atoms with Gasteiger partial charge in [-0.15, -0.1) is 0 Å². The Bertz CT molecular complexity index is 1170. The molecular weight excluding hydrogens is 408 g/mol. The predicted molar refractivity (Wildman–Crippen MR) is 123 cm³/mol. The summed E-state index contributed by atoms with van der Waals surface area (Å²) in [7, 11) is 3.81. The van der Waals surface area contributed by atoms with Gasteiger partial charge in [0.2, 0.25) is 5.95 Å². The second kappa shape index (κ2) is 8.51. The van der Waals surface area contributed by atoms with Crippen molar-refractivity contribution in [3.8, 4) is 5.75 Å². The third-order valence-electron chi connectivity index (χ3n) is 5.84. The molecule has 0 saturated carbocycles. The van der Waals surface area contributed by atoms with E-state index in [2.05, 4.69) is 45.0 Å². The first-order valence-electron chi connectivity index (χ1n) is 10.7. The number of amides is 1. The minimum atomic E-state index is -0.372. The lowest BCUT2D eigenvalue weighted by Gasteiger charge is -2.26. The summed E-state index contributed by atoms with van der Waals surface area (Å²) in [5.41, 5.74) is 5.18. The fourth-order valence-electron chi connectivity index (χ4n) is 4.09. The van der Waals surface area contributed by atoms with E-state index < -0.39 is 0 Å². The summed E-state index contributed by atoms with van der Waals surface area (Å²) in [6, 6.07) is 10.1. The first kappa shape index (κ1) is 20.3. The molecule has 32 heavy (non-hydrogen) atoms. The lowest BCUT2D eigenvalue weighted by atomic mass is 9.99. The van der Waals surface area contributed by atoms with Gasteiger partial charge in [0.25, 0.3) is 0 Å². The molecule has 2 aliphatic rings. The van der Waals surface area contributed by atoms with Gasteiger partial charge in [0.1, 0.15) is 11.9 Å². The van der Waals surface area contributed by atoms with Crippen LogP contribution in [0.25, 0.3) is 10.9 Å². The van der Waals surface area contributed by atoms with Gasteiger partial charge in [-0.1, -0.05) is 0 Å². The molecule has 0 unspecified atom stereocenters. The second-order valence-electron chi connectivity index (χ2n) is 8.19. The molecule has 3 aromatic rings. The SMILES string of the molecule is COc1cc2c(cc1Nc1ncc3ccc(NC[C@H]4CNC(=O)O4)cc3n1)CN(C)CC2. The summed E-state index contributed by atoms with van der Waals surface area (Å²) in [4.78, 5) is 22.7. The van der Waals surface area contributed by atoms with Crippen LogP contribution < -0.4 is 20.7 Å². The summed E-state index contributed by atoms with van der Waals surface area (Å²) < 4.78 is 10.8. The summed E-state index contributed by atoms with van der Waals surface area (Å²) in [5, 5.41) is 10.2. The van der Waals surface area contributed by atoms with Crippen molar-refractivity contribution in [3.05, 3.63) is 47.7 Å². The number of anilines is 3. The topological polar surface area (TPSA) is 101 Å². The zero-order valence-electron chi connectivity index (χ0n) is 18.1. The molecule has 1 aromatic heterocycles. The fourth-order valence-corrected chi connectivity index (χ4v) is 4.09. The van der Waals surface area contributed by atoms with Crippen LogP contribution in [-0.2, 0) is 17.7 Å². The standard InChI is InChI=1S/C23H26N6O3/c1-29-6-5-14-8-21(31-2)20(7-16(14)13-29)28-22-25-10-15-3-4-17(9-19(15)27-22)24-11-18-12-26-23(30)32-18/h3-4,7-10,18,24H,5-6,11-13H2,1-2H3,(H,26,30)(H,25,27,28)/t18-/m0/s1. The zero-order valence-corrected chi connectivity index (χ0v) is 18.1. The van der Waals surface area contributed by atoms with Gasteiger partial charge in [-0.3, -0.25) is 0 Å². The van der Waals surface area contributed by atoms with Crippen LogP contribution in [0.1, 0.15) is 11.1 Å². The Morgan fingerprint density at radius 1 is 1.28 bits per heavy atom. The average molecular weight is 435 g/mol. The van der Waals surface area contributed by atoms with Crippen LogP contribution in [0.4, 0.5) is 22.1 Å². The van der Waals surface area contributed by atoms with E-state index in [-0.39, 0.29) is 12.2 Å². The van der Waals surface area contributed by atoms with Crippen molar-refractivity contribution in [2.24, 2.45) is 0 Å². The van der Waals surface area contributed by atoms with E-state index in [9.17, 15) is 4.79 Å². The Morgan fingerprint density at radius 3 is 3.00 bits per heavy atom. The van der Waals surface area contributed by atoms with Crippen molar-refractivity contribution in [2.45, 2.75) is 19.1 Å². The highest BCUT2D eigenvalue weighted by Crippen LogP contribution is 2.33. The lowest BCUT2D eigenvalue weighted by molar-refractivity contribution is 0.145. The summed E-state index contributed by atoms with van der Waals surface area (Å²) in [5.74, 6) is 1.29. The Labute approximate surface area is 186 Å². The number of nitrogens with one attached hydrogen (secondary N) is 3. The maximum Gasteiger partial charge on any atom is 0.407 e. The quantitative estimate of drug-likeness (QED) is 0.545. The smallest absolute Gasteiger partial charge is 0.407 e. The summed E-state index contributed by atoms with van der Waals surface area (Å²) in [6.45, 7) is 3.00.